The molecule has 1 atom stereocenters. The molecule has 0 aromatic rings. The molecule has 0 radical (unpaired) electrons. The summed E-state index contributed by atoms with van der Waals surface area (Å²) in [6, 6.07) is 2.43. The van der Waals surface area contributed by atoms with Crippen LogP contribution in [0, 0.1) is 16.7 Å². The SMILES string of the molecule is CC(N)C1(C#N)CCCCC1. The second-order valence-electron chi connectivity index (χ2n) is 3.62. The fourth-order valence-electron chi connectivity index (χ4n) is 1.85. The van der Waals surface area contributed by atoms with E-state index < -0.39 is 0 Å². The molecule has 0 spiro atoms. The summed E-state index contributed by atoms with van der Waals surface area (Å²) in [4.78, 5) is 0. The summed E-state index contributed by atoms with van der Waals surface area (Å²) in [6.45, 7) is 1.95. The fraction of sp³-hybridized carbons (Fsp3) is 0.889. The van der Waals surface area contributed by atoms with Crippen LogP contribution in [0.25, 0.3) is 0 Å². The Bertz CT molecular complexity index is 161. The van der Waals surface area contributed by atoms with Crippen LogP contribution < -0.4 is 5.73 Å². The van der Waals surface area contributed by atoms with Gasteiger partial charge in [-0.15, -0.1) is 0 Å². The van der Waals surface area contributed by atoms with Crippen LogP contribution in [0.5, 0.6) is 0 Å². The Labute approximate surface area is 68.4 Å². The van der Waals surface area contributed by atoms with Crippen molar-refractivity contribution in [3.8, 4) is 6.07 Å². The predicted octanol–water partition coefficient (Wildman–Crippen LogP) is 1.81. The molecule has 0 aromatic carbocycles. The van der Waals surface area contributed by atoms with Crippen molar-refractivity contribution in [2.45, 2.75) is 45.1 Å². The molecule has 2 heteroatoms. The van der Waals surface area contributed by atoms with Gasteiger partial charge in [-0.25, -0.2) is 0 Å². The molecule has 62 valence electrons. The first-order valence-electron chi connectivity index (χ1n) is 4.38. The van der Waals surface area contributed by atoms with Gasteiger partial charge in [0.1, 0.15) is 0 Å². The van der Waals surface area contributed by atoms with Gasteiger partial charge < -0.3 is 5.73 Å². The molecule has 0 amide bonds. The Morgan fingerprint density at radius 2 is 1.91 bits per heavy atom. The van der Waals surface area contributed by atoms with Crippen molar-refractivity contribution < 1.29 is 0 Å². The van der Waals surface area contributed by atoms with Crippen LogP contribution in [0.2, 0.25) is 0 Å². The van der Waals surface area contributed by atoms with Crippen molar-refractivity contribution in [3.63, 3.8) is 0 Å². The lowest BCUT2D eigenvalue weighted by molar-refractivity contribution is 0.228. The van der Waals surface area contributed by atoms with E-state index in [-0.39, 0.29) is 11.5 Å². The first-order valence-corrected chi connectivity index (χ1v) is 4.38. The predicted molar refractivity (Wildman–Crippen MR) is 44.8 cm³/mol. The maximum absolute atomic E-state index is 8.98. The Kier molecular flexibility index (Phi) is 2.51. The summed E-state index contributed by atoms with van der Waals surface area (Å²) < 4.78 is 0. The first kappa shape index (κ1) is 8.55. The minimum atomic E-state index is -0.196. The zero-order valence-corrected chi connectivity index (χ0v) is 7.14. The molecule has 0 saturated heterocycles. The number of nitrogens with zero attached hydrogens (tertiary/aromatic N) is 1. The number of nitriles is 1. The van der Waals surface area contributed by atoms with E-state index in [1.807, 2.05) is 6.92 Å². The summed E-state index contributed by atoms with van der Waals surface area (Å²) >= 11 is 0. The molecule has 0 aromatic heterocycles. The van der Waals surface area contributed by atoms with Crippen molar-refractivity contribution in [1.82, 2.24) is 0 Å². The van der Waals surface area contributed by atoms with Crippen molar-refractivity contribution in [1.29, 1.82) is 5.26 Å². The summed E-state index contributed by atoms with van der Waals surface area (Å²) in [5.41, 5.74) is 5.59. The maximum atomic E-state index is 8.98. The minimum Gasteiger partial charge on any atom is -0.327 e. The summed E-state index contributed by atoms with van der Waals surface area (Å²) in [5, 5.41) is 8.98. The fourth-order valence-corrected chi connectivity index (χ4v) is 1.85. The molecule has 1 rings (SSSR count). The Morgan fingerprint density at radius 1 is 1.36 bits per heavy atom. The van der Waals surface area contributed by atoms with Crippen molar-refractivity contribution in [3.05, 3.63) is 0 Å². The third-order valence-electron chi connectivity index (χ3n) is 2.84. The van der Waals surface area contributed by atoms with Crippen LogP contribution in [-0.2, 0) is 0 Å². The van der Waals surface area contributed by atoms with Gasteiger partial charge in [-0.1, -0.05) is 19.3 Å². The highest BCUT2D eigenvalue weighted by atomic mass is 14.7. The van der Waals surface area contributed by atoms with E-state index >= 15 is 0 Å². The maximum Gasteiger partial charge on any atom is 0.0721 e. The Morgan fingerprint density at radius 3 is 2.18 bits per heavy atom. The molecule has 2 N–H and O–H groups in total. The van der Waals surface area contributed by atoms with E-state index in [1.54, 1.807) is 0 Å². The van der Waals surface area contributed by atoms with E-state index in [0.717, 1.165) is 12.8 Å². The number of nitrogens with two attached hydrogens (primary N) is 1. The third-order valence-corrected chi connectivity index (χ3v) is 2.84. The van der Waals surface area contributed by atoms with Crippen molar-refractivity contribution >= 4 is 0 Å². The highest BCUT2D eigenvalue weighted by Crippen LogP contribution is 2.37. The molecular weight excluding hydrogens is 136 g/mol. The molecule has 1 fully saturated rings. The zero-order valence-electron chi connectivity index (χ0n) is 7.14. The van der Waals surface area contributed by atoms with E-state index in [2.05, 4.69) is 6.07 Å². The van der Waals surface area contributed by atoms with E-state index in [1.165, 1.54) is 19.3 Å². The topological polar surface area (TPSA) is 49.8 Å². The average molecular weight is 152 g/mol. The normalized spacial score (nSPS) is 25.5. The second kappa shape index (κ2) is 3.23. The number of hydrogen-bond acceptors (Lipinski definition) is 2. The van der Waals surface area contributed by atoms with Gasteiger partial charge in [0.15, 0.2) is 0 Å². The number of hydrogen-bond donors (Lipinski definition) is 1. The molecule has 2 nitrogen and oxygen atoms in total. The van der Waals surface area contributed by atoms with Crippen LogP contribution in [-0.4, -0.2) is 6.04 Å². The molecular formula is C9H16N2. The molecule has 11 heavy (non-hydrogen) atoms. The van der Waals surface area contributed by atoms with Gasteiger partial charge in [-0.3, -0.25) is 0 Å². The Balaban J connectivity index is 2.67. The molecule has 0 aliphatic heterocycles. The van der Waals surface area contributed by atoms with E-state index in [9.17, 15) is 0 Å². The number of rotatable bonds is 1. The quantitative estimate of drug-likeness (QED) is 0.623. The molecule has 1 saturated carbocycles. The van der Waals surface area contributed by atoms with Gasteiger partial charge in [0.2, 0.25) is 0 Å². The van der Waals surface area contributed by atoms with Crippen LogP contribution in [0.3, 0.4) is 0 Å². The highest BCUT2D eigenvalue weighted by Gasteiger charge is 2.35. The molecule has 0 heterocycles. The second-order valence-corrected chi connectivity index (χ2v) is 3.62. The molecule has 1 aliphatic carbocycles. The standard InChI is InChI=1S/C9H16N2/c1-8(11)9(7-10)5-3-2-4-6-9/h8H,2-6,11H2,1H3. The zero-order chi connectivity index (χ0) is 8.32. The van der Waals surface area contributed by atoms with Crippen molar-refractivity contribution in [2.75, 3.05) is 0 Å². The lowest BCUT2D eigenvalue weighted by Crippen LogP contribution is -2.39. The average Bonchev–Trinajstić information content (AvgIpc) is 2.05. The van der Waals surface area contributed by atoms with Gasteiger partial charge in [0.05, 0.1) is 11.5 Å². The van der Waals surface area contributed by atoms with E-state index in [4.69, 9.17) is 11.0 Å². The van der Waals surface area contributed by atoms with Crippen LogP contribution in [0.4, 0.5) is 0 Å². The largest absolute Gasteiger partial charge is 0.327 e. The van der Waals surface area contributed by atoms with Gasteiger partial charge in [0, 0.05) is 6.04 Å². The molecule has 1 unspecified atom stereocenters. The third kappa shape index (κ3) is 1.54. The lowest BCUT2D eigenvalue weighted by atomic mass is 9.71. The van der Waals surface area contributed by atoms with E-state index in [0.29, 0.717) is 0 Å². The Hall–Kier alpha value is -0.550. The highest BCUT2D eigenvalue weighted by molar-refractivity contribution is 5.05. The lowest BCUT2D eigenvalue weighted by Gasteiger charge is -2.33. The molecule has 0 bridgehead atoms. The van der Waals surface area contributed by atoms with Crippen molar-refractivity contribution in [2.24, 2.45) is 11.1 Å². The monoisotopic (exact) mass is 152 g/mol. The van der Waals surface area contributed by atoms with Crippen LogP contribution in [0.15, 0.2) is 0 Å². The summed E-state index contributed by atoms with van der Waals surface area (Å²) in [6.07, 6.45) is 5.63. The smallest absolute Gasteiger partial charge is 0.0721 e. The van der Waals surface area contributed by atoms with Gasteiger partial charge in [0.25, 0.3) is 0 Å². The summed E-state index contributed by atoms with van der Waals surface area (Å²) in [7, 11) is 0. The van der Waals surface area contributed by atoms with Gasteiger partial charge >= 0.3 is 0 Å². The first-order chi connectivity index (χ1) is 5.21. The summed E-state index contributed by atoms with van der Waals surface area (Å²) in [5.74, 6) is 0. The van der Waals surface area contributed by atoms with Crippen LogP contribution in [0.1, 0.15) is 39.0 Å². The molecule has 1 aliphatic rings. The van der Waals surface area contributed by atoms with Crippen LogP contribution >= 0.6 is 0 Å². The van der Waals surface area contributed by atoms with Gasteiger partial charge in [-0.05, 0) is 19.8 Å². The van der Waals surface area contributed by atoms with Gasteiger partial charge in [-0.2, -0.15) is 5.26 Å². The minimum absolute atomic E-state index is 0.0350.